The number of nitrogens with zero attached hydrogens (tertiary/aromatic N) is 3. The SMILES string of the molecule is CN(C)CCn1c(=O)c2cccc3c4c5ccc(O)cc5ccc4n(c1=O)c23. The van der Waals surface area contributed by atoms with Gasteiger partial charge in [0.2, 0.25) is 0 Å². The molecule has 0 atom stereocenters. The lowest BCUT2D eigenvalue weighted by Crippen LogP contribution is -2.39. The van der Waals surface area contributed by atoms with Gasteiger partial charge in [0, 0.05) is 23.9 Å². The van der Waals surface area contributed by atoms with E-state index in [2.05, 4.69) is 0 Å². The van der Waals surface area contributed by atoms with Crippen LogP contribution in [-0.2, 0) is 6.54 Å². The molecule has 0 unspecified atom stereocenters. The molecule has 0 fully saturated rings. The summed E-state index contributed by atoms with van der Waals surface area (Å²) in [6.07, 6.45) is 0. The molecule has 0 spiro atoms. The van der Waals surface area contributed by atoms with Gasteiger partial charge in [-0.1, -0.05) is 24.3 Å². The van der Waals surface area contributed by atoms with Gasteiger partial charge in [0.15, 0.2) is 0 Å². The molecule has 28 heavy (non-hydrogen) atoms. The Morgan fingerprint density at radius 3 is 2.54 bits per heavy atom. The molecular weight excluding hydrogens is 354 g/mol. The third-order valence-electron chi connectivity index (χ3n) is 5.42. The van der Waals surface area contributed by atoms with Crippen LogP contribution in [-0.4, -0.2) is 39.6 Å². The molecule has 3 aromatic carbocycles. The number of fused-ring (bicyclic) bond motifs is 5. The monoisotopic (exact) mass is 373 g/mol. The second kappa shape index (κ2) is 5.81. The van der Waals surface area contributed by atoms with Crippen molar-refractivity contribution in [1.82, 2.24) is 13.9 Å². The molecule has 0 amide bonds. The predicted octanol–water partition coefficient (Wildman–Crippen LogP) is 2.63. The van der Waals surface area contributed by atoms with Gasteiger partial charge in [-0.2, -0.15) is 0 Å². The number of phenols is 1. The van der Waals surface area contributed by atoms with E-state index in [1.165, 1.54) is 4.57 Å². The highest BCUT2D eigenvalue weighted by atomic mass is 16.3. The Labute approximate surface area is 159 Å². The van der Waals surface area contributed by atoms with Crippen LogP contribution in [0.1, 0.15) is 0 Å². The number of rotatable bonds is 3. The maximum atomic E-state index is 13.3. The lowest BCUT2D eigenvalue weighted by Gasteiger charge is -2.12. The Hall–Kier alpha value is -3.38. The average molecular weight is 373 g/mol. The first kappa shape index (κ1) is 16.8. The second-order valence-electron chi connectivity index (χ2n) is 7.44. The normalized spacial score (nSPS) is 12.2. The molecule has 0 aliphatic heterocycles. The van der Waals surface area contributed by atoms with Crippen molar-refractivity contribution in [1.29, 1.82) is 0 Å². The molecule has 0 saturated heterocycles. The Morgan fingerprint density at radius 1 is 0.964 bits per heavy atom. The number of para-hydroxylation sites is 1. The van der Waals surface area contributed by atoms with Crippen molar-refractivity contribution in [2.45, 2.75) is 6.54 Å². The minimum absolute atomic E-state index is 0.196. The van der Waals surface area contributed by atoms with Crippen molar-refractivity contribution >= 4 is 38.0 Å². The molecule has 0 radical (unpaired) electrons. The van der Waals surface area contributed by atoms with E-state index in [0.29, 0.717) is 24.0 Å². The van der Waals surface area contributed by atoms with Crippen LogP contribution in [0.25, 0.3) is 38.0 Å². The largest absolute Gasteiger partial charge is 0.508 e. The smallest absolute Gasteiger partial charge is 0.336 e. The fraction of sp³-hybridized carbons (Fsp3) is 0.182. The van der Waals surface area contributed by atoms with Crippen molar-refractivity contribution in [2.75, 3.05) is 20.6 Å². The summed E-state index contributed by atoms with van der Waals surface area (Å²) in [6.45, 7) is 0.936. The molecule has 6 heteroatoms. The van der Waals surface area contributed by atoms with Gasteiger partial charge in [0.05, 0.1) is 16.4 Å². The number of phenolic OH excluding ortho intramolecular Hbond substituents is 1. The number of aromatic nitrogens is 2. The first-order valence-electron chi connectivity index (χ1n) is 9.17. The van der Waals surface area contributed by atoms with Gasteiger partial charge in [-0.05, 0) is 49.1 Å². The van der Waals surface area contributed by atoms with Crippen LogP contribution in [0.4, 0.5) is 0 Å². The van der Waals surface area contributed by atoms with E-state index in [9.17, 15) is 14.7 Å². The zero-order chi connectivity index (χ0) is 19.6. The first-order chi connectivity index (χ1) is 13.5. The molecule has 0 aliphatic rings. The predicted molar refractivity (Wildman–Crippen MR) is 112 cm³/mol. The number of likely N-dealkylation sites (N-methyl/N-ethyl adjacent to an activating group) is 1. The van der Waals surface area contributed by atoms with E-state index < -0.39 is 0 Å². The molecule has 5 rings (SSSR count). The zero-order valence-corrected chi connectivity index (χ0v) is 15.6. The molecule has 2 heterocycles. The van der Waals surface area contributed by atoms with Crippen molar-refractivity contribution in [2.24, 2.45) is 0 Å². The summed E-state index contributed by atoms with van der Waals surface area (Å²) in [4.78, 5) is 28.3. The lowest BCUT2D eigenvalue weighted by molar-refractivity contribution is 0.376. The van der Waals surface area contributed by atoms with Gasteiger partial charge in [-0.15, -0.1) is 0 Å². The van der Waals surface area contributed by atoms with E-state index in [4.69, 9.17) is 0 Å². The molecule has 0 bridgehead atoms. The van der Waals surface area contributed by atoms with Gasteiger partial charge < -0.3 is 10.0 Å². The van der Waals surface area contributed by atoms with E-state index >= 15 is 0 Å². The minimum atomic E-state index is -0.316. The highest BCUT2D eigenvalue weighted by molar-refractivity contribution is 6.23. The third kappa shape index (κ3) is 2.18. The molecule has 5 aromatic rings. The maximum Gasteiger partial charge on any atom is 0.336 e. The fourth-order valence-electron chi connectivity index (χ4n) is 4.10. The summed E-state index contributed by atoms with van der Waals surface area (Å²) in [6, 6.07) is 14.6. The summed E-state index contributed by atoms with van der Waals surface area (Å²) in [5.74, 6) is 0.196. The molecule has 2 aromatic heterocycles. The summed E-state index contributed by atoms with van der Waals surface area (Å²) in [5, 5.41) is 14.0. The topological polar surface area (TPSA) is 66.9 Å². The van der Waals surface area contributed by atoms with Gasteiger partial charge >= 0.3 is 5.69 Å². The van der Waals surface area contributed by atoms with Crippen LogP contribution in [0.2, 0.25) is 0 Å². The van der Waals surface area contributed by atoms with Crippen LogP contribution < -0.4 is 11.2 Å². The highest BCUT2D eigenvalue weighted by Crippen LogP contribution is 2.35. The second-order valence-corrected chi connectivity index (χ2v) is 7.44. The van der Waals surface area contributed by atoms with E-state index in [1.807, 2.05) is 49.3 Å². The third-order valence-corrected chi connectivity index (χ3v) is 5.42. The van der Waals surface area contributed by atoms with Crippen molar-refractivity contribution in [3.63, 3.8) is 0 Å². The van der Waals surface area contributed by atoms with Crippen molar-refractivity contribution in [3.05, 3.63) is 69.4 Å². The number of benzene rings is 3. The van der Waals surface area contributed by atoms with Gasteiger partial charge in [0.1, 0.15) is 5.75 Å². The Kier molecular flexibility index (Phi) is 3.48. The van der Waals surface area contributed by atoms with E-state index in [0.717, 1.165) is 27.1 Å². The average Bonchev–Trinajstić information content (AvgIpc) is 3.01. The summed E-state index contributed by atoms with van der Waals surface area (Å²) >= 11 is 0. The molecule has 1 N–H and O–H groups in total. The van der Waals surface area contributed by atoms with Crippen molar-refractivity contribution < 1.29 is 5.11 Å². The van der Waals surface area contributed by atoms with Gasteiger partial charge in [-0.25, -0.2) is 4.79 Å². The molecule has 140 valence electrons. The lowest BCUT2D eigenvalue weighted by atomic mass is 10.0. The Bertz CT molecular complexity index is 1490. The minimum Gasteiger partial charge on any atom is -0.508 e. The van der Waals surface area contributed by atoms with Crippen LogP contribution in [0.5, 0.6) is 5.75 Å². The first-order valence-corrected chi connectivity index (χ1v) is 9.17. The van der Waals surface area contributed by atoms with E-state index in [-0.39, 0.29) is 17.0 Å². The van der Waals surface area contributed by atoms with Crippen LogP contribution in [0, 0.1) is 0 Å². The molecule has 0 aliphatic carbocycles. The Morgan fingerprint density at radius 2 is 1.75 bits per heavy atom. The van der Waals surface area contributed by atoms with Gasteiger partial charge in [0.25, 0.3) is 5.56 Å². The maximum absolute atomic E-state index is 13.3. The zero-order valence-electron chi connectivity index (χ0n) is 15.6. The van der Waals surface area contributed by atoms with Crippen LogP contribution in [0.3, 0.4) is 0 Å². The molecular formula is C22H19N3O3. The summed E-state index contributed by atoms with van der Waals surface area (Å²) < 4.78 is 2.98. The van der Waals surface area contributed by atoms with Crippen molar-refractivity contribution in [3.8, 4) is 5.75 Å². The quantitative estimate of drug-likeness (QED) is 0.528. The number of hydrogen-bond acceptors (Lipinski definition) is 4. The number of hydrogen-bond donors (Lipinski definition) is 1. The fourth-order valence-corrected chi connectivity index (χ4v) is 4.10. The van der Waals surface area contributed by atoms with Gasteiger partial charge in [-0.3, -0.25) is 13.8 Å². The van der Waals surface area contributed by atoms with Crippen LogP contribution in [0.15, 0.2) is 58.1 Å². The molecule has 0 saturated carbocycles. The van der Waals surface area contributed by atoms with E-state index in [1.54, 1.807) is 22.6 Å². The molecule has 6 nitrogen and oxygen atoms in total. The highest BCUT2D eigenvalue weighted by Gasteiger charge is 2.19. The summed E-state index contributed by atoms with van der Waals surface area (Å²) in [7, 11) is 3.83. The Balaban J connectivity index is 2.01. The standard InChI is InChI=1S/C22H19N3O3/c1-23(2)10-11-24-21(27)17-5-3-4-16-19-15-8-7-14(26)12-13(15)6-9-18(19)25(20(16)17)22(24)28/h3-9,12,26H,10-11H2,1-2H3. The van der Waals surface area contributed by atoms with Crippen LogP contribution >= 0.6 is 0 Å². The number of aromatic hydroxyl groups is 1. The summed E-state index contributed by atoms with van der Waals surface area (Å²) in [5.41, 5.74) is 0.862.